The van der Waals surface area contributed by atoms with Crippen LogP contribution in [0.25, 0.3) is 10.9 Å². The van der Waals surface area contributed by atoms with Crippen molar-refractivity contribution in [3.8, 4) is 0 Å². The molecule has 2 aromatic carbocycles. The van der Waals surface area contributed by atoms with Gasteiger partial charge in [0.25, 0.3) is 5.91 Å². The first kappa shape index (κ1) is 16.6. The summed E-state index contributed by atoms with van der Waals surface area (Å²) in [6, 6.07) is 17.8. The van der Waals surface area contributed by atoms with Gasteiger partial charge in [-0.1, -0.05) is 42.5 Å². The number of para-hydroxylation sites is 1. The number of nitrogens with one attached hydrogen (secondary N) is 1. The maximum Gasteiger partial charge on any atom is 0.259 e. The third-order valence-electron chi connectivity index (χ3n) is 5.31. The largest absolute Gasteiger partial charge is 0.360 e. The van der Waals surface area contributed by atoms with Crippen LogP contribution in [0, 0.1) is 0 Å². The number of H-pyrrole nitrogens is 1. The van der Waals surface area contributed by atoms with E-state index in [0.29, 0.717) is 24.4 Å². The molecule has 1 amide bonds. The number of aromatic amines is 1. The zero-order valence-electron chi connectivity index (χ0n) is 14.7. The van der Waals surface area contributed by atoms with Crippen LogP contribution in [0.3, 0.4) is 0 Å². The molecule has 1 aromatic heterocycles. The van der Waals surface area contributed by atoms with Gasteiger partial charge in [0.1, 0.15) is 5.56 Å². The van der Waals surface area contributed by atoms with Crippen LogP contribution in [0.2, 0.25) is 0 Å². The van der Waals surface area contributed by atoms with Crippen molar-refractivity contribution in [2.24, 2.45) is 0 Å². The van der Waals surface area contributed by atoms with Gasteiger partial charge < -0.3 is 9.88 Å². The van der Waals surface area contributed by atoms with Crippen molar-refractivity contribution in [2.45, 2.75) is 25.2 Å². The van der Waals surface area contributed by atoms with Gasteiger partial charge in [-0.25, -0.2) is 0 Å². The quantitative estimate of drug-likeness (QED) is 0.764. The number of rotatable bonds is 2. The SMILES string of the molecule is O=C(c1c[nH]c2ccccc2c1=O)N1CCC[C@H](c2ccccc2)CC1. The van der Waals surface area contributed by atoms with Crippen LogP contribution in [0.4, 0.5) is 0 Å². The lowest BCUT2D eigenvalue weighted by atomic mass is 9.92. The Kier molecular flexibility index (Phi) is 4.57. The summed E-state index contributed by atoms with van der Waals surface area (Å²) in [5.74, 6) is 0.314. The smallest absolute Gasteiger partial charge is 0.259 e. The van der Waals surface area contributed by atoms with Crippen LogP contribution >= 0.6 is 0 Å². The Hall–Kier alpha value is -2.88. The zero-order valence-corrected chi connectivity index (χ0v) is 14.7. The Morgan fingerprint density at radius 3 is 2.58 bits per heavy atom. The normalized spacial score (nSPS) is 17.8. The van der Waals surface area contributed by atoms with E-state index in [1.54, 1.807) is 12.3 Å². The molecule has 3 aromatic rings. The van der Waals surface area contributed by atoms with Gasteiger partial charge in [-0.2, -0.15) is 0 Å². The average Bonchev–Trinajstić information content (AvgIpc) is 2.95. The summed E-state index contributed by atoms with van der Waals surface area (Å²) in [6.07, 6.45) is 4.52. The molecule has 4 heteroatoms. The van der Waals surface area contributed by atoms with Gasteiger partial charge in [-0.05, 0) is 42.9 Å². The first-order valence-corrected chi connectivity index (χ1v) is 9.18. The van der Waals surface area contributed by atoms with E-state index in [1.807, 2.05) is 29.2 Å². The minimum atomic E-state index is -0.187. The first-order valence-electron chi connectivity index (χ1n) is 9.18. The number of hydrogen-bond donors (Lipinski definition) is 1. The number of benzene rings is 2. The van der Waals surface area contributed by atoms with Crippen LogP contribution in [0.1, 0.15) is 41.1 Å². The molecule has 132 valence electrons. The van der Waals surface area contributed by atoms with Crippen LogP contribution in [0.5, 0.6) is 0 Å². The minimum Gasteiger partial charge on any atom is -0.360 e. The summed E-state index contributed by atoms with van der Waals surface area (Å²) in [4.78, 5) is 30.6. The summed E-state index contributed by atoms with van der Waals surface area (Å²) >= 11 is 0. The summed E-state index contributed by atoms with van der Waals surface area (Å²) in [6.45, 7) is 1.39. The van der Waals surface area contributed by atoms with Gasteiger partial charge in [-0.3, -0.25) is 9.59 Å². The molecule has 0 aliphatic carbocycles. The van der Waals surface area contributed by atoms with E-state index in [1.165, 1.54) is 5.56 Å². The third-order valence-corrected chi connectivity index (χ3v) is 5.31. The van der Waals surface area contributed by atoms with Crippen LogP contribution in [-0.4, -0.2) is 28.9 Å². The van der Waals surface area contributed by atoms with E-state index in [2.05, 4.69) is 29.2 Å². The first-order chi connectivity index (χ1) is 12.7. The molecule has 1 aliphatic heterocycles. The van der Waals surface area contributed by atoms with E-state index in [4.69, 9.17) is 0 Å². The van der Waals surface area contributed by atoms with Crippen molar-refractivity contribution in [3.05, 3.63) is 82.1 Å². The van der Waals surface area contributed by atoms with Gasteiger partial charge in [0.15, 0.2) is 0 Å². The van der Waals surface area contributed by atoms with Crippen molar-refractivity contribution < 1.29 is 4.79 Å². The predicted molar refractivity (Wildman–Crippen MR) is 104 cm³/mol. The number of fused-ring (bicyclic) bond motifs is 1. The highest BCUT2D eigenvalue weighted by atomic mass is 16.2. The maximum atomic E-state index is 13.0. The Morgan fingerprint density at radius 2 is 1.73 bits per heavy atom. The molecule has 1 atom stereocenters. The second-order valence-corrected chi connectivity index (χ2v) is 6.91. The number of pyridine rings is 1. The molecule has 1 fully saturated rings. The summed E-state index contributed by atoms with van der Waals surface area (Å²) in [5, 5.41) is 0.565. The standard InChI is InChI=1S/C22H22N2O2/c25-21-18-10-4-5-11-20(18)23-15-19(21)22(26)24-13-6-9-17(12-14-24)16-7-2-1-3-8-16/h1-5,7-8,10-11,15,17H,6,9,12-14H2,(H,23,25)/t17-/m0/s1. The molecule has 26 heavy (non-hydrogen) atoms. The van der Waals surface area contributed by atoms with Gasteiger partial charge in [0.05, 0.1) is 0 Å². The minimum absolute atomic E-state index is 0.161. The molecule has 1 aliphatic rings. The second kappa shape index (κ2) is 7.16. The summed E-state index contributed by atoms with van der Waals surface area (Å²) in [7, 11) is 0. The molecule has 0 spiro atoms. The third kappa shape index (κ3) is 3.15. The van der Waals surface area contributed by atoms with Crippen molar-refractivity contribution in [3.63, 3.8) is 0 Å². The number of aromatic nitrogens is 1. The fourth-order valence-electron chi connectivity index (χ4n) is 3.85. The Balaban J connectivity index is 1.56. The topological polar surface area (TPSA) is 53.2 Å². The molecular formula is C22H22N2O2. The second-order valence-electron chi connectivity index (χ2n) is 6.91. The van der Waals surface area contributed by atoms with Gasteiger partial charge in [0.2, 0.25) is 5.43 Å². The molecule has 0 saturated carbocycles. The van der Waals surface area contributed by atoms with Crippen molar-refractivity contribution in [1.29, 1.82) is 0 Å². The fraction of sp³-hybridized carbons (Fsp3) is 0.273. The molecule has 0 radical (unpaired) electrons. The van der Waals surface area contributed by atoms with Crippen molar-refractivity contribution >= 4 is 16.8 Å². The van der Waals surface area contributed by atoms with E-state index >= 15 is 0 Å². The molecular weight excluding hydrogens is 324 g/mol. The van der Waals surface area contributed by atoms with E-state index < -0.39 is 0 Å². The van der Waals surface area contributed by atoms with E-state index in [9.17, 15) is 9.59 Å². The lowest BCUT2D eigenvalue weighted by molar-refractivity contribution is 0.0759. The number of likely N-dealkylation sites (tertiary alicyclic amines) is 1. The lowest BCUT2D eigenvalue weighted by Gasteiger charge is -2.20. The predicted octanol–water partition coefficient (Wildman–Crippen LogP) is 3.94. The highest BCUT2D eigenvalue weighted by Gasteiger charge is 2.24. The fourth-order valence-corrected chi connectivity index (χ4v) is 3.85. The Bertz CT molecular complexity index is 978. The number of carbonyl (C=O) groups is 1. The van der Waals surface area contributed by atoms with Crippen LogP contribution < -0.4 is 5.43 Å². The van der Waals surface area contributed by atoms with Gasteiger partial charge >= 0.3 is 0 Å². The van der Waals surface area contributed by atoms with Crippen LogP contribution in [-0.2, 0) is 0 Å². The summed E-state index contributed by atoms with van der Waals surface area (Å²) < 4.78 is 0. The van der Waals surface area contributed by atoms with Crippen LogP contribution in [0.15, 0.2) is 65.6 Å². The maximum absolute atomic E-state index is 13.0. The van der Waals surface area contributed by atoms with Gasteiger partial charge in [0, 0.05) is 30.2 Å². The highest BCUT2D eigenvalue weighted by Crippen LogP contribution is 2.28. The molecule has 4 nitrogen and oxygen atoms in total. The Labute approximate surface area is 152 Å². The molecule has 0 bridgehead atoms. The Morgan fingerprint density at radius 1 is 0.962 bits per heavy atom. The number of hydrogen-bond acceptors (Lipinski definition) is 2. The summed E-state index contributed by atoms with van der Waals surface area (Å²) in [5.41, 5.74) is 2.15. The average molecular weight is 346 g/mol. The van der Waals surface area contributed by atoms with Crippen molar-refractivity contribution in [1.82, 2.24) is 9.88 Å². The molecule has 0 unspecified atom stereocenters. The number of amides is 1. The molecule has 1 saturated heterocycles. The highest BCUT2D eigenvalue weighted by molar-refractivity contribution is 5.97. The molecule has 4 rings (SSSR count). The zero-order chi connectivity index (χ0) is 17.9. The lowest BCUT2D eigenvalue weighted by Crippen LogP contribution is -2.35. The van der Waals surface area contributed by atoms with Crippen molar-refractivity contribution in [2.75, 3.05) is 13.1 Å². The molecule has 2 heterocycles. The number of carbonyl (C=O) groups excluding carboxylic acids is 1. The monoisotopic (exact) mass is 346 g/mol. The van der Waals surface area contributed by atoms with Gasteiger partial charge in [-0.15, -0.1) is 0 Å². The number of nitrogens with zero attached hydrogens (tertiary/aromatic N) is 1. The van der Waals surface area contributed by atoms with E-state index in [0.717, 1.165) is 24.8 Å². The van der Waals surface area contributed by atoms with E-state index in [-0.39, 0.29) is 16.9 Å². The molecule has 1 N–H and O–H groups in total.